The van der Waals surface area contributed by atoms with Crippen LogP contribution in [-0.4, -0.2) is 53.9 Å². The van der Waals surface area contributed by atoms with Crippen molar-refractivity contribution >= 4 is 23.8 Å². The van der Waals surface area contributed by atoms with Crippen LogP contribution >= 0.6 is 0 Å². The van der Waals surface area contributed by atoms with Crippen LogP contribution < -0.4 is 4.74 Å². The third-order valence-electron chi connectivity index (χ3n) is 3.81. The van der Waals surface area contributed by atoms with Crippen LogP contribution in [0.4, 0.5) is 5.69 Å². The SMILES string of the molecule is COc1cc2c(cc1O)N=CC1CC(OC(C)=O)CN1C2=O. The van der Waals surface area contributed by atoms with Gasteiger partial charge in [-0.3, -0.25) is 14.6 Å². The molecule has 2 atom stereocenters. The van der Waals surface area contributed by atoms with Crippen molar-refractivity contribution in [2.75, 3.05) is 13.7 Å². The van der Waals surface area contributed by atoms with Gasteiger partial charge in [0.05, 0.1) is 30.9 Å². The molecule has 3 rings (SSSR count). The highest BCUT2D eigenvalue weighted by Gasteiger charge is 2.38. The number of ether oxygens (including phenoxy) is 2. The van der Waals surface area contributed by atoms with E-state index in [4.69, 9.17) is 9.47 Å². The maximum absolute atomic E-state index is 12.7. The summed E-state index contributed by atoms with van der Waals surface area (Å²) in [4.78, 5) is 29.7. The Labute approximate surface area is 127 Å². The lowest BCUT2D eigenvalue weighted by atomic mass is 10.1. The largest absolute Gasteiger partial charge is 0.504 e. The summed E-state index contributed by atoms with van der Waals surface area (Å²) in [6, 6.07) is 2.66. The Bertz CT molecular complexity index is 670. The fourth-order valence-electron chi connectivity index (χ4n) is 2.84. The van der Waals surface area contributed by atoms with Gasteiger partial charge in [-0.2, -0.15) is 0 Å². The van der Waals surface area contributed by atoms with Gasteiger partial charge in [0.25, 0.3) is 5.91 Å². The number of hydrogen-bond acceptors (Lipinski definition) is 6. The van der Waals surface area contributed by atoms with Gasteiger partial charge < -0.3 is 19.5 Å². The van der Waals surface area contributed by atoms with Crippen LogP contribution in [0.3, 0.4) is 0 Å². The van der Waals surface area contributed by atoms with E-state index in [9.17, 15) is 14.7 Å². The van der Waals surface area contributed by atoms with E-state index >= 15 is 0 Å². The van der Waals surface area contributed by atoms with Crippen molar-refractivity contribution in [1.82, 2.24) is 4.90 Å². The summed E-state index contributed by atoms with van der Waals surface area (Å²) in [5, 5.41) is 9.81. The maximum Gasteiger partial charge on any atom is 0.302 e. The zero-order valence-corrected chi connectivity index (χ0v) is 12.3. The van der Waals surface area contributed by atoms with Gasteiger partial charge in [-0.25, -0.2) is 0 Å². The van der Waals surface area contributed by atoms with Crippen LogP contribution in [0.2, 0.25) is 0 Å². The van der Waals surface area contributed by atoms with Gasteiger partial charge in [0.2, 0.25) is 0 Å². The molecule has 2 aliphatic rings. The van der Waals surface area contributed by atoms with Crippen LogP contribution in [0.1, 0.15) is 23.7 Å². The zero-order chi connectivity index (χ0) is 15.9. The highest BCUT2D eigenvalue weighted by atomic mass is 16.5. The summed E-state index contributed by atoms with van der Waals surface area (Å²) < 4.78 is 10.2. The summed E-state index contributed by atoms with van der Waals surface area (Å²) >= 11 is 0. The number of carbonyl (C=O) groups is 2. The van der Waals surface area contributed by atoms with Gasteiger partial charge in [0.1, 0.15) is 6.10 Å². The first-order valence-electron chi connectivity index (χ1n) is 6.93. The topological polar surface area (TPSA) is 88.4 Å². The van der Waals surface area contributed by atoms with Crippen LogP contribution in [0.25, 0.3) is 0 Å². The Balaban J connectivity index is 1.94. The second-order valence-corrected chi connectivity index (χ2v) is 5.31. The highest BCUT2D eigenvalue weighted by molar-refractivity contribution is 6.03. The molecular weight excluding hydrogens is 288 g/mol. The molecule has 1 N–H and O–H groups in total. The molecule has 1 aromatic rings. The van der Waals surface area contributed by atoms with E-state index < -0.39 is 0 Å². The minimum Gasteiger partial charge on any atom is -0.504 e. The summed E-state index contributed by atoms with van der Waals surface area (Å²) in [6.07, 6.45) is 1.85. The number of methoxy groups -OCH3 is 1. The number of esters is 1. The summed E-state index contributed by atoms with van der Waals surface area (Å²) in [5.74, 6) is -0.424. The molecule has 0 saturated carbocycles. The van der Waals surface area contributed by atoms with Crippen molar-refractivity contribution in [3.05, 3.63) is 17.7 Å². The first kappa shape index (κ1) is 14.4. The van der Waals surface area contributed by atoms with Crippen molar-refractivity contribution < 1.29 is 24.2 Å². The van der Waals surface area contributed by atoms with Gasteiger partial charge in [0, 0.05) is 25.6 Å². The van der Waals surface area contributed by atoms with E-state index in [0.29, 0.717) is 24.2 Å². The number of phenols is 1. The summed E-state index contributed by atoms with van der Waals surface area (Å²) in [6.45, 7) is 1.68. The Hall–Kier alpha value is -2.57. The Morgan fingerprint density at radius 3 is 2.91 bits per heavy atom. The van der Waals surface area contributed by atoms with E-state index in [1.807, 2.05) is 0 Å². The van der Waals surface area contributed by atoms with Gasteiger partial charge in [-0.15, -0.1) is 0 Å². The molecule has 0 radical (unpaired) electrons. The third kappa shape index (κ3) is 2.38. The molecule has 1 saturated heterocycles. The molecule has 116 valence electrons. The molecule has 2 aliphatic heterocycles. The fourth-order valence-corrected chi connectivity index (χ4v) is 2.84. The lowest BCUT2D eigenvalue weighted by Gasteiger charge is -2.20. The average Bonchev–Trinajstić information content (AvgIpc) is 2.81. The lowest BCUT2D eigenvalue weighted by Crippen LogP contribution is -2.36. The van der Waals surface area contributed by atoms with E-state index in [-0.39, 0.29) is 35.5 Å². The second kappa shape index (κ2) is 5.32. The molecule has 2 unspecified atom stereocenters. The predicted octanol–water partition coefficient (Wildman–Crippen LogP) is 1.26. The maximum atomic E-state index is 12.7. The molecule has 0 aromatic heterocycles. The van der Waals surface area contributed by atoms with E-state index in [1.165, 1.54) is 26.2 Å². The molecule has 7 heteroatoms. The molecular formula is C15H16N2O5. The quantitative estimate of drug-likeness (QED) is 0.831. The zero-order valence-electron chi connectivity index (χ0n) is 12.3. The molecule has 1 aromatic carbocycles. The fraction of sp³-hybridized carbons (Fsp3) is 0.400. The number of amides is 1. The van der Waals surface area contributed by atoms with Crippen molar-refractivity contribution in [2.24, 2.45) is 4.99 Å². The first-order valence-corrected chi connectivity index (χ1v) is 6.93. The summed E-state index contributed by atoms with van der Waals surface area (Å²) in [7, 11) is 1.42. The predicted molar refractivity (Wildman–Crippen MR) is 77.8 cm³/mol. The highest BCUT2D eigenvalue weighted by Crippen LogP contribution is 2.37. The second-order valence-electron chi connectivity index (χ2n) is 5.31. The van der Waals surface area contributed by atoms with Gasteiger partial charge in [-0.1, -0.05) is 0 Å². The van der Waals surface area contributed by atoms with Gasteiger partial charge >= 0.3 is 5.97 Å². The average molecular weight is 304 g/mol. The number of aromatic hydroxyl groups is 1. The van der Waals surface area contributed by atoms with E-state index in [1.54, 1.807) is 11.1 Å². The van der Waals surface area contributed by atoms with Crippen molar-refractivity contribution in [3.8, 4) is 11.5 Å². The van der Waals surface area contributed by atoms with E-state index in [2.05, 4.69) is 4.99 Å². The number of phenolic OH excluding ortho intramolecular Hbond substituents is 1. The van der Waals surface area contributed by atoms with E-state index in [0.717, 1.165) is 0 Å². The number of hydrogen-bond donors (Lipinski definition) is 1. The standard InChI is InChI=1S/C15H16N2O5/c1-8(18)22-10-3-9-6-16-12-5-13(19)14(21-2)4-11(12)15(20)17(9)7-10/h4-6,9-10,19H,3,7H2,1-2H3. The minimum atomic E-state index is -0.362. The Morgan fingerprint density at radius 1 is 1.45 bits per heavy atom. The molecule has 2 heterocycles. The normalized spacial score (nSPS) is 22.8. The molecule has 0 spiro atoms. The van der Waals surface area contributed by atoms with Crippen LogP contribution in [0, 0.1) is 0 Å². The molecule has 0 bridgehead atoms. The number of nitrogens with zero attached hydrogens (tertiary/aromatic N) is 2. The van der Waals surface area contributed by atoms with Gasteiger partial charge in [0.15, 0.2) is 11.5 Å². The lowest BCUT2D eigenvalue weighted by molar-refractivity contribution is -0.145. The smallest absolute Gasteiger partial charge is 0.302 e. The molecule has 1 fully saturated rings. The molecule has 1 amide bonds. The number of fused-ring (bicyclic) bond motifs is 2. The number of aliphatic imine (C=N–C) groups is 1. The third-order valence-corrected chi connectivity index (χ3v) is 3.81. The molecule has 0 aliphatic carbocycles. The first-order chi connectivity index (χ1) is 10.5. The van der Waals surface area contributed by atoms with Crippen molar-refractivity contribution in [1.29, 1.82) is 0 Å². The number of rotatable bonds is 2. The summed E-state index contributed by atoms with van der Waals surface area (Å²) in [5.41, 5.74) is 0.763. The van der Waals surface area contributed by atoms with Crippen molar-refractivity contribution in [3.63, 3.8) is 0 Å². The monoisotopic (exact) mass is 304 g/mol. The van der Waals surface area contributed by atoms with Crippen molar-refractivity contribution in [2.45, 2.75) is 25.5 Å². The number of benzene rings is 1. The number of carbonyl (C=O) groups excluding carboxylic acids is 2. The van der Waals surface area contributed by atoms with Crippen LogP contribution in [0.15, 0.2) is 17.1 Å². The van der Waals surface area contributed by atoms with Crippen LogP contribution in [0.5, 0.6) is 11.5 Å². The Morgan fingerprint density at radius 2 is 2.23 bits per heavy atom. The minimum absolute atomic E-state index is 0.0638. The Kier molecular flexibility index (Phi) is 3.48. The van der Waals surface area contributed by atoms with Crippen LogP contribution in [-0.2, 0) is 9.53 Å². The molecule has 7 nitrogen and oxygen atoms in total. The molecule has 22 heavy (non-hydrogen) atoms. The van der Waals surface area contributed by atoms with Gasteiger partial charge in [-0.05, 0) is 6.07 Å².